The van der Waals surface area contributed by atoms with Crippen LogP contribution < -0.4 is 5.32 Å². The Labute approximate surface area is 114 Å². The van der Waals surface area contributed by atoms with Gasteiger partial charge in [-0.05, 0) is 37.4 Å². The van der Waals surface area contributed by atoms with Gasteiger partial charge < -0.3 is 5.32 Å². The van der Waals surface area contributed by atoms with Crippen molar-refractivity contribution in [2.45, 2.75) is 39.2 Å². The van der Waals surface area contributed by atoms with Crippen molar-refractivity contribution in [3.63, 3.8) is 0 Å². The molecule has 0 heterocycles. The van der Waals surface area contributed by atoms with Crippen LogP contribution in [0.15, 0.2) is 30.4 Å². The molecule has 0 spiro atoms. The normalized spacial score (nSPS) is 12.4. The van der Waals surface area contributed by atoms with E-state index in [0.29, 0.717) is 0 Å². The van der Waals surface area contributed by atoms with Crippen LogP contribution in [0.2, 0.25) is 5.02 Å². The Morgan fingerprint density at radius 1 is 1.44 bits per heavy atom. The fourth-order valence-corrected chi connectivity index (χ4v) is 2.09. The first-order chi connectivity index (χ1) is 8.60. The van der Waals surface area contributed by atoms with Crippen LogP contribution in [0.1, 0.15) is 44.7 Å². The Bertz CT molecular complexity index is 403. The van der Waals surface area contributed by atoms with Crippen LogP contribution in [0.5, 0.6) is 0 Å². The third kappa shape index (κ3) is 4.11. The van der Waals surface area contributed by atoms with E-state index < -0.39 is 0 Å². The van der Waals surface area contributed by atoms with E-state index in [1.54, 1.807) is 6.07 Å². The first-order valence-electron chi connectivity index (χ1n) is 6.44. The number of nitrogens with one attached hydrogen (secondary N) is 1. The Hall–Kier alpha value is -0.860. The van der Waals surface area contributed by atoms with Gasteiger partial charge in [0, 0.05) is 6.04 Å². The second-order valence-electron chi connectivity index (χ2n) is 4.46. The molecule has 0 bridgehead atoms. The second kappa shape index (κ2) is 7.55. The van der Waals surface area contributed by atoms with Crippen molar-refractivity contribution in [1.29, 1.82) is 0 Å². The summed E-state index contributed by atoms with van der Waals surface area (Å²) in [5.74, 6) is -0.362. The standard InChI is InChI=1S/C15H21ClFN/c1-4-9-18-14(10-11(3)5-2)12-7-6-8-13(17)15(12)16/h6-8,14,18H,3-5,9-10H2,1-2H3. The van der Waals surface area contributed by atoms with Crippen LogP contribution in [-0.2, 0) is 0 Å². The predicted molar refractivity (Wildman–Crippen MR) is 76.5 cm³/mol. The maximum Gasteiger partial charge on any atom is 0.142 e. The molecule has 1 unspecified atom stereocenters. The Balaban J connectivity index is 2.93. The molecule has 1 aromatic carbocycles. The molecule has 18 heavy (non-hydrogen) atoms. The molecule has 0 fully saturated rings. The highest BCUT2D eigenvalue weighted by molar-refractivity contribution is 6.31. The molecule has 0 aliphatic carbocycles. The van der Waals surface area contributed by atoms with Crippen LogP contribution in [0.25, 0.3) is 0 Å². The highest BCUT2D eigenvalue weighted by atomic mass is 35.5. The fraction of sp³-hybridized carbons (Fsp3) is 0.467. The quantitative estimate of drug-likeness (QED) is 0.696. The molecule has 0 saturated heterocycles. The topological polar surface area (TPSA) is 12.0 Å². The summed E-state index contributed by atoms with van der Waals surface area (Å²) in [5, 5.41) is 3.62. The van der Waals surface area contributed by atoms with Crippen molar-refractivity contribution in [3.8, 4) is 0 Å². The summed E-state index contributed by atoms with van der Waals surface area (Å²) < 4.78 is 13.5. The monoisotopic (exact) mass is 269 g/mol. The summed E-state index contributed by atoms with van der Waals surface area (Å²) in [6.45, 7) is 9.08. The van der Waals surface area contributed by atoms with E-state index >= 15 is 0 Å². The van der Waals surface area contributed by atoms with Crippen molar-refractivity contribution in [2.75, 3.05) is 6.54 Å². The zero-order chi connectivity index (χ0) is 13.5. The van der Waals surface area contributed by atoms with Crippen LogP contribution in [0.4, 0.5) is 4.39 Å². The summed E-state index contributed by atoms with van der Waals surface area (Å²) in [6, 6.07) is 5.01. The molecule has 1 aromatic rings. The first kappa shape index (κ1) is 15.2. The van der Waals surface area contributed by atoms with E-state index in [9.17, 15) is 4.39 Å². The molecule has 1 N–H and O–H groups in total. The van der Waals surface area contributed by atoms with Crippen molar-refractivity contribution < 1.29 is 4.39 Å². The molecule has 0 aliphatic heterocycles. The van der Waals surface area contributed by atoms with Crippen molar-refractivity contribution >= 4 is 11.6 Å². The summed E-state index contributed by atoms with van der Waals surface area (Å²) >= 11 is 6.05. The van der Waals surface area contributed by atoms with Crippen LogP contribution >= 0.6 is 11.6 Å². The smallest absolute Gasteiger partial charge is 0.142 e. The average molecular weight is 270 g/mol. The van der Waals surface area contributed by atoms with Gasteiger partial charge in [0.15, 0.2) is 0 Å². The fourth-order valence-electron chi connectivity index (χ4n) is 1.83. The van der Waals surface area contributed by atoms with Gasteiger partial charge in [0.25, 0.3) is 0 Å². The number of hydrogen-bond acceptors (Lipinski definition) is 1. The molecule has 0 saturated carbocycles. The summed E-state index contributed by atoms with van der Waals surface area (Å²) in [7, 11) is 0. The highest BCUT2D eigenvalue weighted by Crippen LogP contribution is 2.29. The third-order valence-corrected chi connectivity index (χ3v) is 3.39. The molecule has 0 aliphatic rings. The highest BCUT2D eigenvalue weighted by Gasteiger charge is 2.16. The summed E-state index contributed by atoms with van der Waals surface area (Å²) in [4.78, 5) is 0. The van der Waals surface area contributed by atoms with Gasteiger partial charge >= 0.3 is 0 Å². The molecular formula is C15H21ClFN. The molecule has 1 atom stereocenters. The minimum absolute atomic E-state index is 0.0422. The van der Waals surface area contributed by atoms with Crippen molar-refractivity contribution in [3.05, 3.63) is 46.8 Å². The Morgan fingerprint density at radius 2 is 2.17 bits per heavy atom. The molecule has 0 aromatic heterocycles. The minimum atomic E-state index is -0.362. The van der Waals surface area contributed by atoms with Gasteiger partial charge in [-0.15, -0.1) is 0 Å². The first-order valence-corrected chi connectivity index (χ1v) is 6.81. The third-order valence-electron chi connectivity index (χ3n) is 2.99. The molecule has 1 nitrogen and oxygen atoms in total. The predicted octanol–water partition coefficient (Wildman–Crippen LogP) is 4.88. The number of benzene rings is 1. The minimum Gasteiger partial charge on any atom is -0.310 e. The lowest BCUT2D eigenvalue weighted by atomic mass is 9.98. The van der Waals surface area contributed by atoms with Gasteiger partial charge in [-0.1, -0.05) is 49.7 Å². The van der Waals surface area contributed by atoms with E-state index in [1.807, 2.05) is 6.07 Å². The van der Waals surface area contributed by atoms with E-state index in [2.05, 4.69) is 25.7 Å². The van der Waals surface area contributed by atoms with Crippen LogP contribution in [0, 0.1) is 5.82 Å². The van der Waals surface area contributed by atoms with Crippen LogP contribution in [0.3, 0.4) is 0 Å². The van der Waals surface area contributed by atoms with Crippen molar-refractivity contribution in [1.82, 2.24) is 5.32 Å². The zero-order valence-electron chi connectivity index (χ0n) is 11.1. The average Bonchev–Trinajstić information content (AvgIpc) is 2.37. The van der Waals surface area contributed by atoms with E-state index in [0.717, 1.165) is 36.9 Å². The van der Waals surface area contributed by atoms with Gasteiger partial charge in [0.1, 0.15) is 5.82 Å². The number of halogens is 2. The lowest BCUT2D eigenvalue weighted by Crippen LogP contribution is -2.23. The van der Waals surface area contributed by atoms with E-state index in [1.165, 1.54) is 6.07 Å². The Kier molecular flexibility index (Phi) is 6.37. The van der Waals surface area contributed by atoms with Gasteiger partial charge in [0.2, 0.25) is 0 Å². The van der Waals surface area contributed by atoms with Gasteiger partial charge in [-0.25, -0.2) is 4.39 Å². The van der Waals surface area contributed by atoms with Gasteiger partial charge in [-0.2, -0.15) is 0 Å². The van der Waals surface area contributed by atoms with E-state index in [-0.39, 0.29) is 16.9 Å². The van der Waals surface area contributed by atoms with Gasteiger partial charge in [0.05, 0.1) is 5.02 Å². The molecule has 1 rings (SSSR count). The van der Waals surface area contributed by atoms with Crippen LogP contribution in [-0.4, -0.2) is 6.54 Å². The molecule has 100 valence electrons. The zero-order valence-corrected chi connectivity index (χ0v) is 11.9. The lowest BCUT2D eigenvalue weighted by molar-refractivity contribution is 0.519. The van der Waals surface area contributed by atoms with E-state index in [4.69, 9.17) is 11.6 Å². The number of hydrogen-bond donors (Lipinski definition) is 1. The second-order valence-corrected chi connectivity index (χ2v) is 4.84. The Morgan fingerprint density at radius 3 is 2.78 bits per heavy atom. The summed E-state index contributed by atoms with van der Waals surface area (Å²) in [5.41, 5.74) is 1.96. The molecule has 0 radical (unpaired) electrons. The van der Waals surface area contributed by atoms with Crippen molar-refractivity contribution in [2.24, 2.45) is 0 Å². The SMILES string of the molecule is C=C(CC)CC(NCCC)c1cccc(F)c1Cl. The largest absolute Gasteiger partial charge is 0.310 e. The maximum atomic E-state index is 13.5. The molecule has 3 heteroatoms. The molecule has 0 amide bonds. The number of rotatable bonds is 7. The lowest BCUT2D eigenvalue weighted by Gasteiger charge is -2.21. The molecular weight excluding hydrogens is 249 g/mol. The maximum absolute atomic E-state index is 13.5. The summed E-state index contributed by atoms with van der Waals surface area (Å²) in [6.07, 6.45) is 2.75. The van der Waals surface area contributed by atoms with Gasteiger partial charge in [-0.3, -0.25) is 0 Å².